The molecule has 3 saturated carbocycles. The van der Waals surface area contributed by atoms with Crippen LogP contribution in [0.1, 0.15) is 59.8 Å². The molecule has 92 valence electrons. The summed E-state index contributed by atoms with van der Waals surface area (Å²) in [5.74, 6) is 2.10. The maximum Gasteiger partial charge on any atom is 0.0709 e. The maximum atomic E-state index is 11.1. The van der Waals surface area contributed by atoms with Gasteiger partial charge in [0.1, 0.15) is 0 Å². The van der Waals surface area contributed by atoms with Gasteiger partial charge < -0.3 is 5.11 Å². The van der Waals surface area contributed by atoms with Crippen molar-refractivity contribution in [2.45, 2.75) is 65.4 Å². The van der Waals surface area contributed by atoms with Crippen molar-refractivity contribution in [1.82, 2.24) is 0 Å². The summed E-state index contributed by atoms with van der Waals surface area (Å²) in [4.78, 5) is 0. The second-order valence-corrected chi connectivity index (χ2v) is 7.45. The molecule has 0 heterocycles. The highest BCUT2D eigenvalue weighted by molar-refractivity contribution is 5.22. The predicted octanol–water partition coefficient (Wildman–Crippen LogP) is 3.61. The molecular formula is C15H26O. The minimum Gasteiger partial charge on any atom is -0.389 e. The molecule has 0 radical (unpaired) electrons. The van der Waals surface area contributed by atoms with Crippen molar-refractivity contribution in [3.8, 4) is 0 Å². The van der Waals surface area contributed by atoms with E-state index in [9.17, 15) is 5.11 Å². The van der Waals surface area contributed by atoms with E-state index in [0.29, 0.717) is 11.3 Å². The van der Waals surface area contributed by atoms with Crippen molar-refractivity contribution in [2.75, 3.05) is 0 Å². The summed E-state index contributed by atoms with van der Waals surface area (Å²) in [6.45, 7) is 9.27. The van der Waals surface area contributed by atoms with Crippen molar-refractivity contribution < 1.29 is 5.11 Å². The summed E-state index contributed by atoms with van der Waals surface area (Å²) < 4.78 is 0. The molecule has 3 rings (SSSR count). The Morgan fingerprint density at radius 3 is 2.44 bits per heavy atom. The van der Waals surface area contributed by atoms with Gasteiger partial charge in [0.05, 0.1) is 5.60 Å². The van der Waals surface area contributed by atoms with Crippen molar-refractivity contribution >= 4 is 0 Å². The van der Waals surface area contributed by atoms with Crippen LogP contribution in [-0.2, 0) is 0 Å². The zero-order valence-electron chi connectivity index (χ0n) is 11.2. The normalized spacial score (nSPS) is 64.7. The van der Waals surface area contributed by atoms with E-state index in [4.69, 9.17) is 0 Å². The SMILES string of the molecule is C[C@@H]1CC[C@@]23[C@H]1CC[C@@]2(C)C[C@H](C)[C@]3(C)O. The fourth-order valence-electron chi connectivity index (χ4n) is 6.14. The largest absolute Gasteiger partial charge is 0.389 e. The first-order chi connectivity index (χ1) is 7.35. The fraction of sp³-hybridized carbons (Fsp3) is 1.00. The molecule has 0 unspecified atom stereocenters. The molecule has 0 aromatic carbocycles. The minimum absolute atomic E-state index is 0.249. The molecule has 0 amide bonds. The first-order valence-electron chi connectivity index (χ1n) is 7.07. The minimum atomic E-state index is -0.423. The highest BCUT2D eigenvalue weighted by Crippen LogP contribution is 2.76. The molecule has 1 nitrogen and oxygen atoms in total. The van der Waals surface area contributed by atoms with Crippen LogP contribution in [0.5, 0.6) is 0 Å². The Kier molecular flexibility index (Phi) is 1.98. The Labute approximate surface area is 99.6 Å². The van der Waals surface area contributed by atoms with Gasteiger partial charge in [-0.25, -0.2) is 0 Å². The van der Waals surface area contributed by atoms with Gasteiger partial charge in [0.25, 0.3) is 0 Å². The average molecular weight is 222 g/mol. The topological polar surface area (TPSA) is 20.2 Å². The number of hydrogen-bond acceptors (Lipinski definition) is 1. The second kappa shape index (κ2) is 2.85. The van der Waals surface area contributed by atoms with Gasteiger partial charge in [0, 0.05) is 5.41 Å². The van der Waals surface area contributed by atoms with Gasteiger partial charge in [-0.05, 0) is 62.2 Å². The van der Waals surface area contributed by atoms with Crippen LogP contribution in [0.25, 0.3) is 0 Å². The quantitative estimate of drug-likeness (QED) is 0.664. The Bertz CT molecular complexity index is 315. The smallest absolute Gasteiger partial charge is 0.0709 e. The predicted molar refractivity (Wildman–Crippen MR) is 66.1 cm³/mol. The lowest BCUT2D eigenvalue weighted by molar-refractivity contribution is -0.112. The van der Waals surface area contributed by atoms with Crippen LogP contribution in [0.4, 0.5) is 0 Å². The van der Waals surface area contributed by atoms with E-state index in [1.165, 1.54) is 32.1 Å². The number of rotatable bonds is 0. The molecule has 0 bridgehead atoms. The number of aliphatic hydroxyl groups is 1. The van der Waals surface area contributed by atoms with Gasteiger partial charge in [-0.1, -0.05) is 20.8 Å². The molecule has 3 fully saturated rings. The summed E-state index contributed by atoms with van der Waals surface area (Å²) in [5.41, 5.74) is 0.248. The van der Waals surface area contributed by atoms with Gasteiger partial charge in [-0.3, -0.25) is 0 Å². The molecule has 6 atom stereocenters. The van der Waals surface area contributed by atoms with Crippen LogP contribution in [0.15, 0.2) is 0 Å². The first kappa shape index (κ1) is 11.1. The Morgan fingerprint density at radius 1 is 1.06 bits per heavy atom. The van der Waals surface area contributed by atoms with E-state index in [-0.39, 0.29) is 5.41 Å². The van der Waals surface area contributed by atoms with Gasteiger partial charge in [0.2, 0.25) is 0 Å². The van der Waals surface area contributed by atoms with Gasteiger partial charge >= 0.3 is 0 Å². The van der Waals surface area contributed by atoms with Gasteiger partial charge in [-0.2, -0.15) is 0 Å². The lowest BCUT2D eigenvalue weighted by atomic mass is 9.60. The zero-order valence-corrected chi connectivity index (χ0v) is 11.2. The van der Waals surface area contributed by atoms with E-state index in [1.54, 1.807) is 0 Å². The number of hydrogen-bond donors (Lipinski definition) is 1. The first-order valence-corrected chi connectivity index (χ1v) is 7.07. The van der Waals surface area contributed by atoms with E-state index in [2.05, 4.69) is 27.7 Å². The van der Waals surface area contributed by atoms with Crippen molar-refractivity contribution in [3.05, 3.63) is 0 Å². The van der Waals surface area contributed by atoms with Gasteiger partial charge in [-0.15, -0.1) is 0 Å². The molecule has 0 aromatic heterocycles. The van der Waals surface area contributed by atoms with Crippen LogP contribution < -0.4 is 0 Å². The van der Waals surface area contributed by atoms with Crippen LogP contribution in [0, 0.1) is 28.6 Å². The molecular weight excluding hydrogens is 196 g/mol. The maximum absolute atomic E-state index is 11.1. The summed E-state index contributed by atoms with van der Waals surface area (Å²) in [7, 11) is 0. The summed E-state index contributed by atoms with van der Waals surface area (Å²) in [5, 5.41) is 11.1. The third-order valence-electron chi connectivity index (χ3n) is 7.02. The Hall–Kier alpha value is -0.0400. The molecule has 0 saturated heterocycles. The van der Waals surface area contributed by atoms with Gasteiger partial charge in [0.15, 0.2) is 0 Å². The van der Waals surface area contributed by atoms with E-state index in [1.807, 2.05) is 0 Å². The van der Waals surface area contributed by atoms with Crippen molar-refractivity contribution in [2.24, 2.45) is 28.6 Å². The molecule has 1 N–H and O–H groups in total. The molecule has 1 spiro atoms. The Balaban J connectivity index is 2.14. The lowest BCUT2D eigenvalue weighted by Gasteiger charge is -2.47. The summed E-state index contributed by atoms with van der Waals surface area (Å²) in [6, 6.07) is 0. The highest BCUT2D eigenvalue weighted by Gasteiger charge is 2.73. The monoisotopic (exact) mass is 222 g/mol. The van der Waals surface area contributed by atoms with E-state index in [0.717, 1.165) is 11.8 Å². The van der Waals surface area contributed by atoms with E-state index >= 15 is 0 Å². The molecule has 3 aliphatic rings. The molecule has 0 aromatic rings. The molecule has 16 heavy (non-hydrogen) atoms. The third kappa shape index (κ3) is 0.903. The third-order valence-corrected chi connectivity index (χ3v) is 7.02. The molecule has 1 heteroatoms. The van der Waals surface area contributed by atoms with Crippen LogP contribution in [-0.4, -0.2) is 10.7 Å². The Morgan fingerprint density at radius 2 is 1.75 bits per heavy atom. The molecule has 3 aliphatic carbocycles. The van der Waals surface area contributed by atoms with Crippen LogP contribution in [0.2, 0.25) is 0 Å². The fourth-order valence-corrected chi connectivity index (χ4v) is 6.14. The van der Waals surface area contributed by atoms with Crippen LogP contribution in [0.3, 0.4) is 0 Å². The summed E-state index contributed by atoms with van der Waals surface area (Å²) in [6.07, 6.45) is 6.56. The van der Waals surface area contributed by atoms with Crippen molar-refractivity contribution in [3.63, 3.8) is 0 Å². The standard InChI is InChI=1S/C15H26O/c1-10-5-8-15-12(10)6-7-13(15,3)9-11(2)14(15,4)16/h10-12,16H,5-9H2,1-4H3/t10-,11+,12+,13+,14+,15-/m1/s1. The van der Waals surface area contributed by atoms with E-state index < -0.39 is 5.60 Å². The highest BCUT2D eigenvalue weighted by atomic mass is 16.3. The summed E-state index contributed by atoms with van der Waals surface area (Å²) >= 11 is 0. The van der Waals surface area contributed by atoms with Crippen molar-refractivity contribution in [1.29, 1.82) is 0 Å². The van der Waals surface area contributed by atoms with Crippen LogP contribution >= 0.6 is 0 Å². The molecule has 0 aliphatic heterocycles. The lowest BCUT2D eigenvalue weighted by Crippen LogP contribution is -2.50. The second-order valence-electron chi connectivity index (χ2n) is 7.45. The zero-order chi connectivity index (χ0) is 11.8. The average Bonchev–Trinajstić information content (AvgIpc) is 2.71.